The minimum atomic E-state index is -0.414. The van der Waals surface area contributed by atoms with E-state index in [1.165, 1.54) is 6.07 Å². The number of rotatable bonds is 4. The molecule has 0 aliphatic rings. The van der Waals surface area contributed by atoms with E-state index in [9.17, 15) is 14.0 Å². The van der Waals surface area contributed by atoms with E-state index in [0.29, 0.717) is 16.8 Å². The van der Waals surface area contributed by atoms with Crippen LogP contribution in [0.2, 0.25) is 0 Å². The summed E-state index contributed by atoms with van der Waals surface area (Å²) in [5.41, 5.74) is 1.34. The minimum Gasteiger partial charge on any atom is -0.343 e. The van der Waals surface area contributed by atoms with Gasteiger partial charge in [-0.2, -0.15) is 0 Å². The maximum absolute atomic E-state index is 13.3. The summed E-state index contributed by atoms with van der Waals surface area (Å²) < 4.78 is 13.3. The molecule has 0 spiro atoms. The molecule has 108 valence electrons. The molecule has 4 nitrogen and oxygen atoms in total. The molecule has 0 radical (unpaired) electrons. The Labute approximate surface area is 122 Å². The highest BCUT2D eigenvalue weighted by Crippen LogP contribution is 2.13. The summed E-state index contributed by atoms with van der Waals surface area (Å²) >= 11 is 0. The van der Waals surface area contributed by atoms with E-state index in [1.807, 2.05) is 0 Å². The lowest BCUT2D eigenvalue weighted by Gasteiger charge is -2.07. The van der Waals surface area contributed by atoms with Crippen LogP contribution in [0.5, 0.6) is 0 Å². The van der Waals surface area contributed by atoms with Gasteiger partial charge in [0.1, 0.15) is 5.82 Å². The van der Waals surface area contributed by atoms with Crippen LogP contribution in [0.3, 0.4) is 0 Å². The number of nitrogens with one attached hydrogen (secondary N) is 2. The van der Waals surface area contributed by atoms with E-state index in [4.69, 9.17) is 0 Å². The minimum absolute atomic E-state index is 0.177. The van der Waals surface area contributed by atoms with Crippen molar-refractivity contribution in [3.8, 4) is 0 Å². The van der Waals surface area contributed by atoms with Gasteiger partial charge in [0.2, 0.25) is 5.91 Å². The van der Waals surface area contributed by atoms with E-state index in [1.54, 1.807) is 49.4 Å². The smallest absolute Gasteiger partial charge is 0.251 e. The van der Waals surface area contributed by atoms with E-state index in [0.717, 1.165) is 0 Å². The second-order valence-electron chi connectivity index (χ2n) is 4.56. The fourth-order valence-electron chi connectivity index (χ4n) is 1.73. The lowest BCUT2D eigenvalue weighted by molar-refractivity contribution is -0.115. The molecule has 0 aliphatic carbocycles. The van der Waals surface area contributed by atoms with Gasteiger partial charge in [-0.1, -0.05) is 24.3 Å². The molecule has 5 heteroatoms. The molecule has 0 bridgehead atoms. The third kappa shape index (κ3) is 4.14. The topological polar surface area (TPSA) is 58.2 Å². The first-order valence-corrected chi connectivity index (χ1v) is 6.45. The van der Waals surface area contributed by atoms with Crippen molar-refractivity contribution >= 4 is 17.5 Å². The van der Waals surface area contributed by atoms with Crippen LogP contribution >= 0.6 is 0 Å². The van der Waals surface area contributed by atoms with E-state index < -0.39 is 5.91 Å². The summed E-state index contributed by atoms with van der Waals surface area (Å²) in [6, 6.07) is 13.0. The van der Waals surface area contributed by atoms with Crippen molar-refractivity contribution in [2.75, 3.05) is 11.9 Å². The van der Waals surface area contributed by atoms with Crippen LogP contribution < -0.4 is 10.6 Å². The highest BCUT2D eigenvalue weighted by molar-refractivity contribution is 5.99. The number of carbonyl (C=O) groups excluding carboxylic acids is 2. The normalized spacial score (nSPS) is 10.0. The van der Waals surface area contributed by atoms with Crippen LogP contribution in [0, 0.1) is 12.7 Å². The van der Waals surface area contributed by atoms with Crippen molar-refractivity contribution in [2.45, 2.75) is 6.92 Å². The maximum Gasteiger partial charge on any atom is 0.251 e. The van der Waals surface area contributed by atoms with Crippen LogP contribution in [0.1, 0.15) is 15.9 Å². The highest BCUT2D eigenvalue weighted by atomic mass is 19.1. The van der Waals surface area contributed by atoms with Gasteiger partial charge in [0.05, 0.1) is 6.54 Å². The molecule has 21 heavy (non-hydrogen) atoms. The monoisotopic (exact) mass is 286 g/mol. The van der Waals surface area contributed by atoms with E-state index in [2.05, 4.69) is 10.6 Å². The Bertz CT molecular complexity index is 657. The van der Waals surface area contributed by atoms with Crippen molar-refractivity contribution in [3.63, 3.8) is 0 Å². The first-order chi connectivity index (χ1) is 10.1. The molecule has 2 amide bonds. The average molecular weight is 286 g/mol. The molecular formula is C16H15FN2O2. The SMILES string of the molecule is Cc1ccc(NC(=O)CNC(=O)c2ccccc2)cc1F. The third-order valence-electron chi connectivity index (χ3n) is 2.90. The summed E-state index contributed by atoms with van der Waals surface area (Å²) in [4.78, 5) is 23.4. The van der Waals surface area contributed by atoms with Gasteiger partial charge in [-0.05, 0) is 36.8 Å². The Hall–Kier alpha value is -2.69. The van der Waals surface area contributed by atoms with Crippen LogP contribution in [0.4, 0.5) is 10.1 Å². The summed E-state index contributed by atoms with van der Waals surface area (Å²) in [6.45, 7) is 1.46. The highest BCUT2D eigenvalue weighted by Gasteiger charge is 2.08. The zero-order valence-electron chi connectivity index (χ0n) is 11.5. The number of hydrogen-bond acceptors (Lipinski definition) is 2. The quantitative estimate of drug-likeness (QED) is 0.907. The Morgan fingerprint density at radius 2 is 1.81 bits per heavy atom. The zero-order chi connectivity index (χ0) is 15.2. The summed E-state index contributed by atoms with van der Waals surface area (Å²) in [5, 5.41) is 5.02. The second-order valence-corrected chi connectivity index (χ2v) is 4.56. The van der Waals surface area contributed by atoms with Gasteiger partial charge in [0.25, 0.3) is 5.91 Å². The molecule has 0 unspecified atom stereocenters. The third-order valence-corrected chi connectivity index (χ3v) is 2.90. The van der Waals surface area contributed by atoms with E-state index >= 15 is 0 Å². The Kier molecular flexibility index (Phi) is 4.66. The van der Waals surface area contributed by atoms with Gasteiger partial charge < -0.3 is 10.6 Å². The van der Waals surface area contributed by atoms with Crippen LogP contribution in [-0.2, 0) is 4.79 Å². The Morgan fingerprint density at radius 1 is 1.10 bits per heavy atom. The number of aryl methyl sites for hydroxylation is 1. The number of carbonyl (C=O) groups is 2. The molecule has 0 aromatic heterocycles. The predicted octanol–water partition coefficient (Wildman–Crippen LogP) is 2.50. The number of anilines is 1. The number of amides is 2. The molecule has 0 aliphatic heterocycles. The zero-order valence-corrected chi connectivity index (χ0v) is 11.5. The molecule has 0 atom stereocenters. The van der Waals surface area contributed by atoms with Crippen molar-refractivity contribution in [1.82, 2.24) is 5.32 Å². The Balaban J connectivity index is 1.87. The summed E-state index contributed by atoms with van der Waals surface area (Å²) in [5.74, 6) is -1.13. The van der Waals surface area contributed by atoms with Gasteiger partial charge in [-0.15, -0.1) is 0 Å². The van der Waals surface area contributed by atoms with Gasteiger partial charge in [-0.3, -0.25) is 9.59 Å². The molecule has 0 saturated carbocycles. The Morgan fingerprint density at radius 3 is 2.48 bits per heavy atom. The van der Waals surface area contributed by atoms with Crippen molar-refractivity contribution in [3.05, 3.63) is 65.5 Å². The predicted molar refractivity (Wildman–Crippen MR) is 78.5 cm³/mol. The van der Waals surface area contributed by atoms with Crippen LogP contribution in [0.25, 0.3) is 0 Å². The molecule has 0 saturated heterocycles. The molecular weight excluding hydrogens is 271 g/mol. The fourth-order valence-corrected chi connectivity index (χ4v) is 1.73. The number of hydrogen-bond donors (Lipinski definition) is 2. The molecule has 0 heterocycles. The van der Waals surface area contributed by atoms with Gasteiger partial charge in [0.15, 0.2) is 0 Å². The maximum atomic E-state index is 13.3. The fraction of sp³-hybridized carbons (Fsp3) is 0.125. The summed E-state index contributed by atoms with van der Waals surface area (Å²) in [6.07, 6.45) is 0. The largest absolute Gasteiger partial charge is 0.343 e. The standard InChI is InChI=1S/C16H15FN2O2/c1-11-7-8-13(9-14(11)17)19-15(20)10-18-16(21)12-5-3-2-4-6-12/h2-9H,10H2,1H3,(H,18,21)(H,19,20). The second kappa shape index (κ2) is 6.65. The summed E-state index contributed by atoms with van der Waals surface area (Å²) in [7, 11) is 0. The van der Waals surface area contributed by atoms with E-state index in [-0.39, 0.29) is 18.3 Å². The lowest BCUT2D eigenvalue weighted by Crippen LogP contribution is -2.32. The van der Waals surface area contributed by atoms with Crippen LogP contribution in [-0.4, -0.2) is 18.4 Å². The first-order valence-electron chi connectivity index (χ1n) is 6.45. The first kappa shape index (κ1) is 14.7. The molecule has 2 aromatic carbocycles. The lowest BCUT2D eigenvalue weighted by atomic mass is 10.2. The molecule has 2 rings (SSSR count). The number of halogens is 1. The average Bonchev–Trinajstić information content (AvgIpc) is 2.49. The van der Waals surface area contributed by atoms with Crippen molar-refractivity contribution in [1.29, 1.82) is 0 Å². The number of benzene rings is 2. The van der Waals surface area contributed by atoms with Crippen LogP contribution in [0.15, 0.2) is 48.5 Å². The molecule has 2 aromatic rings. The van der Waals surface area contributed by atoms with Gasteiger partial charge >= 0.3 is 0 Å². The van der Waals surface area contributed by atoms with Crippen molar-refractivity contribution < 1.29 is 14.0 Å². The van der Waals surface area contributed by atoms with Gasteiger partial charge in [-0.25, -0.2) is 4.39 Å². The molecule has 2 N–H and O–H groups in total. The van der Waals surface area contributed by atoms with Gasteiger partial charge in [0, 0.05) is 11.3 Å². The molecule has 0 fully saturated rings. The van der Waals surface area contributed by atoms with Crippen molar-refractivity contribution in [2.24, 2.45) is 0 Å².